The molecule has 1 aromatic carbocycles. The summed E-state index contributed by atoms with van der Waals surface area (Å²) in [6.07, 6.45) is 1.47. The zero-order valence-corrected chi connectivity index (χ0v) is 11.6. The zero-order chi connectivity index (χ0) is 14.5. The summed E-state index contributed by atoms with van der Waals surface area (Å²) in [5.41, 5.74) is 0.613. The molecule has 1 unspecified atom stereocenters. The molecule has 1 fully saturated rings. The first kappa shape index (κ1) is 14.7. The summed E-state index contributed by atoms with van der Waals surface area (Å²) >= 11 is 0. The standard InChI is InChI=1S/C15H19FN2O2/c1-2-9-18-14(19)10-13(15(18)20)17-8-7-11-5-3-4-6-12(11)16/h3-6,13,17H,2,7-10H2,1H3. The van der Waals surface area contributed by atoms with Crippen LogP contribution in [0.3, 0.4) is 0 Å². The molecule has 1 N–H and O–H groups in total. The van der Waals surface area contributed by atoms with E-state index in [4.69, 9.17) is 0 Å². The van der Waals surface area contributed by atoms with Gasteiger partial charge in [0.15, 0.2) is 0 Å². The van der Waals surface area contributed by atoms with Crippen LogP contribution in [0, 0.1) is 5.82 Å². The molecule has 108 valence electrons. The third kappa shape index (κ3) is 3.22. The van der Waals surface area contributed by atoms with E-state index in [0.717, 1.165) is 6.42 Å². The number of carbonyl (C=O) groups is 2. The van der Waals surface area contributed by atoms with Crippen molar-refractivity contribution in [3.63, 3.8) is 0 Å². The van der Waals surface area contributed by atoms with Crippen molar-refractivity contribution < 1.29 is 14.0 Å². The van der Waals surface area contributed by atoms with E-state index >= 15 is 0 Å². The SMILES string of the molecule is CCCN1C(=O)CC(NCCc2ccccc2F)C1=O. The highest BCUT2D eigenvalue weighted by atomic mass is 19.1. The van der Waals surface area contributed by atoms with Crippen molar-refractivity contribution in [1.82, 2.24) is 10.2 Å². The highest BCUT2D eigenvalue weighted by Gasteiger charge is 2.37. The van der Waals surface area contributed by atoms with Gasteiger partial charge in [0.1, 0.15) is 5.82 Å². The Morgan fingerprint density at radius 2 is 2.10 bits per heavy atom. The average molecular weight is 278 g/mol. The van der Waals surface area contributed by atoms with Gasteiger partial charge in [0.2, 0.25) is 11.8 Å². The summed E-state index contributed by atoms with van der Waals surface area (Å²) in [5.74, 6) is -0.527. The van der Waals surface area contributed by atoms with Crippen LogP contribution in [0.2, 0.25) is 0 Å². The van der Waals surface area contributed by atoms with E-state index in [0.29, 0.717) is 25.1 Å². The Hall–Kier alpha value is -1.75. The predicted molar refractivity (Wildman–Crippen MR) is 73.5 cm³/mol. The van der Waals surface area contributed by atoms with Crippen molar-refractivity contribution in [1.29, 1.82) is 0 Å². The number of rotatable bonds is 6. The van der Waals surface area contributed by atoms with Crippen LogP contribution < -0.4 is 5.32 Å². The number of imide groups is 1. The lowest BCUT2D eigenvalue weighted by Crippen LogP contribution is -2.39. The number of hydrogen-bond donors (Lipinski definition) is 1. The third-order valence-corrected chi connectivity index (χ3v) is 3.43. The minimum atomic E-state index is -0.458. The van der Waals surface area contributed by atoms with Gasteiger partial charge in [-0.3, -0.25) is 14.5 Å². The van der Waals surface area contributed by atoms with Crippen LogP contribution in [0.1, 0.15) is 25.3 Å². The average Bonchev–Trinajstić information content (AvgIpc) is 2.69. The zero-order valence-electron chi connectivity index (χ0n) is 11.6. The van der Waals surface area contributed by atoms with Gasteiger partial charge < -0.3 is 5.32 Å². The molecule has 1 heterocycles. The van der Waals surface area contributed by atoms with E-state index in [2.05, 4.69) is 5.32 Å². The van der Waals surface area contributed by atoms with Crippen LogP contribution in [-0.2, 0) is 16.0 Å². The van der Waals surface area contributed by atoms with Gasteiger partial charge in [0, 0.05) is 13.1 Å². The molecule has 1 atom stereocenters. The Bertz CT molecular complexity index is 504. The Balaban J connectivity index is 1.85. The lowest BCUT2D eigenvalue weighted by molar-refractivity contribution is -0.138. The molecule has 0 saturated carbocycles. The molecule has 1 aromatic rings. The monoisotopic (exact) mass is 278 g/mol. The number of halogens is 1. The van der Waals surface area contributed by atoms with Crippen molar-refractivity contribution in [2.75, 3.05) is 13.1 Å². The molecule has 1 aliphatic heterocycles. The van der Waals surface area contributed by atoms with Gasteiger partial charge in [0.25, 0.3) is 0 Å². The van der Waals surface area contributed by atoms with E-state index in [-0.39, 0.29) is 24.1 Å². The first-order valence-electron chi connectivity index (χ1n) is 6.94. The molecule has 0 spiro atoms. The van der Waals surface area contributed by atoms with Crippen LogP contribution in [0.4, 0.5) is 4.39 Å². The largest absolute Gasteiger partial charge is 0.305 e. The van der Waals surface area contributed by atoms with Crippen molar-refractivity contribution in [2.24, 2.45) is 0 Å². The normalized spacial score (nSPS) is 18.9. The van der Waals surface area contributed by atoms with Gasteiger partial charge in [-0.1, -0.05) is 25.1 Å². The third-order valence-electron chi connectivity index (χ3n) is 3.43. The maximum absolute atomic E-state index is 13.4. The molecule has 0 aliphatic carbocycles. The van der Waals surface area contributed by atoms with Crippen LogP contribution in [0.15, 0.2) is 24.3 Å². The molecule has 2 rings (SSSR count). The minimum absolute atomic E-state index is 0.125. The predicted octanol–water partition coefficient (Wildman–Crippen LogP) is 1.50. The number of nitrogens with zero attached hydrogens (tertiary/aromatic N) is 1. The van der Waals surface area contributed by atoms with Crippen molar-refractivity contribution >= 4 is 11.8 Å². The Labute approximate surface area is 118 Å². The first-order valence-corrected chi connectivity index (χ1v) is 6.94. The molecule has 1 aliphatic rings. The molecule has 4 nitrogen and oxygen atoms in total. The highest BCUT2D eigenvalue weighted by Crippen LogP contribution is 2.14. The van der Waals surface area contributed by atoms with Gasteiger partial charge in [-0.05, 0) is 24.5 Å². The summed E-state index contributed by atoms with van der Waals surface area (Å²) in [5, 5.41) is 3.05. The molecular weight excluding hydrogens is 259 g/mol. The van der Waals surface area contributed by atoms with Gasteiger partial charge in [0.05, 0.1) is 12.5 Å². The van der Waals surface area contributed by atoms with Crippen molar-refractivity contribution in [2.45, 2.75) is 32.2 Å². The van der Waals surface area contributed by atoms with Crippen LogP contribution >= 0.6 is 0 Å². The maximum Gasteiger partial charge on any atom is 0.246 e. The van der Waals surface area contributed by atoms with E-state index in [1.165, 1.54) is 11.0 Å². The van der Waals surface area contributed by atoms with Crippen molar-refractivity contribution in [3.05, 3.63) is 35.6 Å². The van der Waals surface area contributed by atoms with Crippen LogP contribution in [0.25, 0.3) is 0 Å². The Kier molecular flexibility index (Phi) is 4.84. The van der Waals surface area contributed by atoms with Crippen molar-refractivity contribution in [3.8, 4) is 0 Å². The van der Waals surface area contributed by atoms with E-state index in [1.54, 1.807) is 18.2 Å². The van der Waals surface area contributed by atoms with Crippen LogP contribution in [-0.4, -0.2) is 35.8 Å². The maximum atomic E-state index is 13.4. The first-order chi connectivity index (χ1) is 9.63. The second-order valence-electron chi connectivity index (χ2n) is 4.94. The Morgan fingerprint density at radius 3 is 2.80 bits per heavy atom. The quantitative estimate of drug-likeness (QED) is 0.802. The number of benzene rings is 1. The fourth-order valence-electron chi connectivity index (χ4n) is 2.38. The summed E-state index contributed by atoms with van der Waals surface area (Å²) in [7, 11) is 0. The lowest BCUT2D eigenvalue weighted by Gasteiger charge is -2.14. The van der Waals surface area contributed by atoms with E-state index in [9.17, 15) is 14.0 Å². The fourth-order valence-corrected chi connectivity index (χ4v) is 2.38. The number of amides is 2. The highest BCUT2D eigenvalue weighted by molar-refractivity contribution is 6.05. The Morgan fingerprint density at radius 1 is 1.35 bits per heavy atom. The molecular formula is C15H19FN2O2. The number of nitrogens with one attached hydrogen (secondary N) is 1. The molecule has 5 heteroatoms. The molecule has 20 heavy (non-hydrogen) atoms. The molecule has 1 saturated heterocycles. The molecule has 0 radical (unpaired) electrons. The van der Waals surface area contributed by atoms with Gasteiger partial charge in [-0.15, -0.1) is 0 Å². The smallest absolute Gasteiger partial charge is 0.246 e. The second-order valence-corrected chi connectivity index (χ2v) is 4.94. The summed E-state index contributed by atoms with van der Waals surface area (Å²) in [6, 6.07) is 6.12. The number of likely N-dealkylation sites (tertiary alicyclic amines) is 1. The van der Waals surface area contributed by atoms with Crippen LogP contribution in [0.5, 0.6) is 0 Å². The molecule has 2 amide bonds. The molecule has 0 aromatic heterocycles. The van der Waals surface area contributed by atoms with Gasteiger partial charge in [-0.25, -0.2) is 4.39 Å². The number of hydrogen-bond acceptors (Lipinski definition) is 3. The summed E-state index contributed by atoms with van der Waals surface area (Å²) < 4.78 is 13.4. The number of carbonyl (C=O) groups excluding carboxylic acids is 2. The van der Waals surface area contributed by atoms with Gasteiger partial charge in [-0.2, -0.15) is 0 Å². The topological polar surface area (TPSA) is 49.4 Å². The van der Waals surface area contributed by atoms with Gasteiger partial charge >= 0.3 is 0 Å². The van der Waals surface area contributed by atoms with E-state index < -0.39 is 6.04 Å². The second kappa shape index (κ2) is 6.61. The van der Waals surface area contributed by atoms with E-state index in [1.807, 2.05) is 6.92 Å². The molecule has 0 bridgehead atoms. The fraction of sp³-hybridized carbons (Fsp3) is 0.467. The summed E-state index contributed by atoms with van der Waals surface area (Å²) in [6.45, 7) is 2.88. The lowest BCUT2D eigenvalue weighted by atomic mass is 10.1. The minimum Gasteiger partial charge on any atom is -0.305 e. The summed E-state index contributed by atoms with van der Waals surface area (Å²) in [4.78, 5) is 25.0.